The lowest BCUT2D eigenvalue weighted by atomic mass is 10.4. The zero-order chi connectivity index (χ0) is 10.6. The molecule has 0 saturated heterocycles. The fourth-order valence-electron chi connectivity index (χ4n) is 0.774. The molecule has 1 rings (SSSR count). The van der Waals surface area contributed by atoms with Crippen molar-refractivity contribution in [3.8, 4) is 0 Å². The number of aromatic nitrogens is 2. The lowest BCUT2D eigenvalue weighted by Crippen LogP contribution is -2.16. The Morgan fingerprint density at radius 3 is 3.07 bits per heavy atom. The van der Waals surface area contributed by atoms with Crippen molar-refractivity contribution >= 4 is 39.3 Å². The first kappa shape index (κ1) is 11.2. The summed E-state index contributed by atoms with van der Waals surface area (Å²) in [4.78, 5) is 18.1. The molecule has 7 heteroatoms. The number of primary amides is 1. The lowest BCUT2D eigenvalue weighted by Gasteiger charge is -2.05. The molecule has 0 unspecified atom stereocenters. The molecule has 0 aromatic carbocycles. The van der Waals surface area contributed by atoms with Crippen molar-refractivity contribution in [2.45, 2.75) is 6.42 Å². The lowest BCUT2D eigenvalue weighted by molar-refractivity contribution is -0.117. The Hall–Kier alpha value is -0.880. The molecule has 1 amide bonds. The van der Waals surface area contributed by atoms with Gasteiger partial charge in [0, 0.05) is 19.2 Å². The molecule has 0 saturated carbocycles. The molecule has 3 N–H and O–H groups in total. The monoisotopic (exact) mass is 278 g/mol. The second kappa shape index (κ2) is 5.11. The molecule has 0 aliphatic heterocycles. The predicted octanol–water partition coefficient (Wildman–Crippen LogP) is 1.18. The summed E-state index contributed by atoms with van der Waals surface area (Å²) in [5, 5.41) is 3.05. The quantitative estimate of drug-likeness (QED) is 0.811. The van der Waals surface area contributed by atoms with Crippen molar-refractivity contribution in [3.05, 3.63) is 16.0 Å². The number of carbonyl (C=O) groups is 1. The molecule has 0 fully saturated rings. The van der Waals surface area contributed by atoms with Crippen LogP contribution in [-0.4, -0.2) is 22.4 Å². The third kappa shape index (κ3) is 3.47. The third-order valence-corrected chi connectivity index (χ3v) is 2.14. The molecule has 0 atom stereocenters. The van der Waals surface area contributed by atoms with Gasteiger partial charge < -0.3 is 11.1 Å². The summed E-state index contributed by atoms with van der Waals surface area (Å²) in [5.41, 5.74) is 4.98. The SMILES string of the molecule is NC(=O)CCNc1nc(Cl)ncc1Br. The Morgan fingerprint density at radius 2 is 2.43 bits per heavy atom. The summed E-state index contributed by atoms with van der Waals surface area (Å²) in [5.74, 6) is 0.181. The van der Waals surface area contributed by atoms with Gasteiger partial charge in [-0.25, -0.2) is 4.98 Å². The standard InChI is InChI=1S/C7H8BrClN4O/c8-4-3-12-7(9)13-6(4)11-2-1-5(10)14/h3H,1-2H2,(H2,10,14)(H,11,12,13). The van der Waals surface area contributed by atoms with E-state index in [1.165, 1.54) is 6.20 Å². The molecule has 1 aromatic heterocycles. The van der Waals surface area contributed by atoms with Crippen LogP contribution >= 0.6 is 27.5 Å². The van der Waals surface area contributed by atoms with Gasteiger partial charge in [0.1, 0.15) is 5.82 Å². The number of nitrogens with two attached hydrogens (primary N) is 1. The van der Waals surface area contributed by atoms with E-state index in [2.05, 4.69) is 31.2 Å². The Bertz CT molecular complexity index is 346. The zero-order valence-electron chi connectivity index (χ0n) is 7.13. The van der Waals surface area contributed by atoms with E-state index in [4.69, 9.17) is 17.3 Å². The van der Waals surface area contributed by atoms with E-state index >= 15 is 0 Å². The van der Waals surface area contributed by atoms with Gasteiger partial charge in [0.05, 0.1) is 4.47 Å². The van der Waals surface area contributed by atoms with E-state index in [1.54, 1.807) is 0 Å². The highest BCUT2D eigenvalue weighted by molar-refractivity contribution is 9.10. The number of rotatable bonds is 4. The van der Waals surface area contributed by atoms with Crippen molar-refractivity contribution in [3.63, 3.8) is 0 Å². The Morgan fingerprint density at radius 1 is 1.71 bits per heavy atom. The number of nitrogens with zero attached hydrogens (tertiary/aromatic N) is 2. The van der Waals surface area contributed by atoms with Crippen LogP contribution in [0.25, 0.3) is 0 Å². The molecule has 0 bridgehead atoms. The maximum Gasteiger partial charge on any atom is 0.224 e. The van der Waals surface area contributed by atoms with Crippen molar-refractivity contribution in [1.29, 1.82) is 0 Å². The van der Waals surface area contributed by atoms with Gasteiger partial charge in [-0.1, -0.05) is 0 Å². The average Bonchev–Trinajstić information content (AvgIpc) is 2.10. The second-order valence-electron chi connectivity index (χ2n) is 2.48. The largest absolute Gasteiger partial charge is 0.370 e. The van der Waals surface area contributed by atoms with Crippen LogP contribution in [0.5, 0.6) is 0 Å². The van der Waals surface area contributed by atoms with E-state index in [-0.39, 0.29) is 17.6 Å². The number of halogens is 2. The van der Waals surface area contributed by atoms with Crippen LogP contribution in [0.15, 0.2) is 10.7 Å². The van der Waals surface area contributed by atoms with Crippen LogP contribution in [-0.2, 0) is 4.79 Å². The first-order chi connectivity index (χ1) is 6.59. The van der Waals surface area contributed by atoms with Gasteiger partial charge in [-0.2, -0.15) is 4.98 Å². The van der Waals surface area contributed by atoms with E-state index in [0.29, 0.717) is 16.8 Å². The molecule has 76 valence electrons. The van der Waals surface area contributed by atoms with Gasteiger partial charge in [0.15, 0.2) is 0 Å². The van der Waals surface area contributed by atoms with Crippen LogP contribution in [0.3, 0.4) is 0 Å². The van der Waals surface area contributed by atoms with Crippen molar-refractivity contribution in [1.82, 2.24) is 9.97 Å². The third-order valence-electron chi connectivity index (χ3n) is 1.38. The number of anilines is 1. The topological polar surface area (TPSA) is 80.9 Å². The summed E-state index contributed by atoms with van der Waals surface area (Å²) in [6.45, 7) is 0.418. The van der Waals surface area contributed by atoms with Gasteiger partial charge in [-0.15, -0.1) is 0 Å². The Labute approximate surface area is 94.2 Å². The van der Waals surface area contributed by atoms with E-state index in [9.17, 15) is 4.79 Å². The number of hydrogen-bond acceptors (Lipinski definition) is 4. The minimum absolute atomic E-state index is 0.148. The van der Waals surface area contributed by atoms with Crippen LogP contribution in [0.2, 0.25) is 5.28 Å². The predicted molar refractivity (Wildman–Crippen MR) is 57.0 cm³/mol. The first-order valence-corrected chi connectivity index (χ1v) is 4.97. The molecule has 0 radical (unpaired) electrons. The van der Waals surface area contributed by atoms with Crippen molar-refractivity contribution in [2.24, 2.45) is 5.73 Å². The van der Waals surface area contributed by atoms with Gasteiger partial charge >= 0.3 is 0 Å². The smallest absolute Gasteiger partial charge is 0.224 e. The van der Waals surface area contributed by atoms with E-state index < -0.39 is 0 Å². The minimum atomic E-state index is -0.367. The van der Waals surface area contributed by atoms with E-state index in [0.717, 1.165) is 0 Å². The summed E-state index contributed by atoms with van der Waals surface area (Å²) in [7, 11) is 0. The maximum atomic E-state index is 10.5. The Kier molecular flexibility index (Phi) is 4.09. The molecule has 5 nitrogen and oxygen atoms in total. The minimum Gasteiger partial charge on any atom is -0.370 e. The molecule has 0 aliphatic rings. The van der Waals surface area contributed by atoms with Gasteiger partial charge in [0.2, 0.25) is 11.2 Å². The molecule has 0 spiro atoms. The number of amides is 1. The number of hydrogen-bond donors (Lipinski definition) is 2. The van der Waals surface area contributed by atoms with Gasteiger partial charge in [0.25, 0.3) is 0 Å². The molecule has 1 aromatic rings. The normalized spacial score (nSPS) is 9.86. The van der Waals surface area contributed by atoms with Crippen LogP contribution in [0.4, 0.5) is 5.82 Å². The summed E-state index contributed by atoms with van der Waals surface area (Å²) < 4.78 is 0.686. The maximum absolute atomic E-state index is 10.5. The number of nitrogens with one attached hydrogen (secondary N) is 1. The van der Waals surface area contributed by atoms with E-state index in [1.807, 2.05) is 0 Å². The van der Waals surface area contributed by atoms with Crippen molar-refractivity contribution in [2.75, 3.05) is 11.9 Å². The molecular formula is C7H8BrClN4O. The van der Waals surface area contributed by atoms with Gasteiger partial charge in [-0.3, -0.25) is 4.79 Å². The fourth-order valence-corrected chi connectivity index (χ4v) is 1.24. The zero-order valence-corrected chi connectivity index (χ0v) is 9.47. The summed E-state index contributed by atoms with van der Waals surface area (Å²) in [6.07, 6.45) is 1.77. The van der Waals surface area contributed by atoms with Crippen LogP contribution < -0.4 is 11.1 Å². The van der Waals surface area contributed by atoms with Gasteiger partial charge in [-0.05, 0) is 27.5 Å². The van der Waals surface area contributed by atoms with Crippen molar-refractivity contribution < 1.29 is 4.79 Å². The summed E-state index contributed by atoms with van der Waals surface area (Å²) >= 11 is 8.82. The molecule has 0 aliphatic carbocycles. The first-order valence-electron chi connectivity index (χ1n) is 3.80. The molecule has 1 heterocycles. The van der Waals surface area contributed by atoms with Crippen LogP contribution in [0, 0.1) is 0 Å². The molecule has 14 heavy (non-hydrogen) atoms. The second-order valence-corrected chi connectivity index (χ2v) is 3.67. The highest BCUT2D eigenvalue weighted by atomic mass is 79.9. The Balaban J connectivity index is 2.57. The highest BCUT2D eigenvalue weighted by Gasteiger charge is 2.03. The number of carbonyl (C=O) groups excluding carboxylic acids is 1. The van der Waals surface area contributed by atoms with Crippen LogP contribution in [0.1, 0.15) is 6.42 Å². The summed E-state index contributed by atoms with van der Waals surface area (Å²) in [6, 6.07) is 0. The molecular weight excluding hydrogens is 271 g/mol. The highest BCUT2D eigenvalue weighted by Crippen LogP contribution is 2.19. The fraction of sp³-hybridized carbons (Fsp3) is 0.286. The average molecular weight is 280 g/mol.